The average molecular weight is 1370 g/mol. The van der Waals surface area contributed by atoms with Gasteiger partial charge in [-0.3, -0.25) is 37.3 Å². The minimum atomic E-state index is -4.97. The van der Waals surface area contributed by atoms with Gasteiger partial charge in [-0.05, 0) is 103 Å². The van der Waals surface area contributed by atoms with Crippen molar-refractivity contribution in [2.75, 3.05) is 39.6 Å². The van der Waals surface area contributed by atoms with Crippen molar-refractivity contribution in [1.82, 2.24) is 0 Å². The SMILES string of the molecule is CCCCCC/C=C\C=C/CCCCCCCC(=O)OC[C@H](COP(=O)(O)OC[C@H](O)COP(=O)(O)OC[C@@H](COC(=O)CCCCCCCCCCCCCCC)OC(=O)CCCCCCC/C=C\CCCCCC)OC(=O)CCCCCCC/C=C\CCCCCC. The van der Waals surface area contributed by atoms with Gasteiger partial charge in [0.2, 0.25) is 0 Å². The maximum Gasteiger partial charge on any atom is 0.472 e. The van der Waals surface area contributed by atoms with Gasteiger partial charge in [-0.2, -0.15) is 0 Å². The van der Waals surface area contributed by atoms with E-state index in [0.29, 0.717) is 25.7 Å². The van der Waals surface area contributed by atoms with Crippen LogP contribution in [0.4, 0.5) is 0 Å². The van der Waals surface area contributed by atoms with Crippen LogP contribution in [0, 0.1) is 0 Å². The highest BCUT2D eigenvalue weighted by Crippen LogP contribution is 2.45. The van der Waals surface area contributed by atoms with Gasteiger partial charge in [0.05, 0.1) is 26.4 Å². The monoisotopic (exact) mass is 1370 g/mol. The van der Waals surface area contributed by atoms with Crippen LogP contribution in [0.15, 0.2) is 48.6 Å². The Bertz CT molecular complexity index is 1980. The largest absolute Gasteiger partial charge is 0.472 e. The number of unbranched alkanes of at least 4 members (excludes halogenated alkanes) is 39. The number of hydrogen-bond acceptors (Lipinski definition) is 15. The molecule has 0 aliphatic carbocycles. The average Bonchev–Trinajstić information content (AvgIpc) is 1.67. The first-order chi connectivity index (χ1) is 45.7. The fraction of sp³-hybridized carbons (Fsp3) is 0.840. The summed E-state index contributed by atoms with van der Waals surface area (Å²) in [5.41, 5.74) is 0. The molecule has 0 heterocycles. The lowest BCUT2D eigenvalue weighted by atomic mass is 10.0. The maximum absolute atomic E-state index is 13.0. The molecule has 94 heavy (non-hydrogen) atoms. The zero-order valence-corrected chi connectivity index (χ0v) is 61.7. The molecule has 550 valence electrons. The van der Waals surface area contributed by atoms with E-state index in [9.17, 15) is 43.2 Å². The molecule has 5 atom stereocenters. The fourth-order valence-electron chi connectivity index (χ4n) is 10.4. The Kier molecular flexibility index (Phi) is 66.4. The summed E-state index contributed by atoms with van der Waals surface area (Å²) in [5.74, 6) is -2.18. The van der Waals surface area contributed by atoms with Crippen LogP contribution in [-0.4, -0.2) is 96.7 Å². The summed E-state index contributed by atoms with van der Waals surface area (Å²) in [7, 11) is -9.93. The second kappa shape index (κ2) is 68.5. The molecule has 0 bridgehead atoms. The normalized spacial score (nSPS) is 14.2. The Balaban J connectivity index is 5.32. The molecule has 19 heteroatoms. The number of carbonyl (C=O) groups excluding carboxylic acids is 4. The minimum Gasteiger partial charge on any atom is -0.462 e. The molecule has 0 amide bonds. The number of allylic oxidation sites excluding steroid dienone is 8. The zero-order chi connectivity index (χ0) is 69.0. The van der Waals surface area contributed by atoms with Gasteiger partial charge in [-0.15, -0.1) is 0 Å². The number of rotatable bonds is 72. The van der Waals surface area contributed by atoms with E-state index in [1.165, 1.54) is 135 Å². The minimum absolute atomic E-state index is 0.0859. The summed E-state index contributed by atoms with van der Waals surface area (Å²) in [6.07, 6.45) is 63.8. The van der Waals surface area contributed by atoms with Crippen LogP contribution in [0.5, 0.6) is 0 Å². The molecule has 0 aromatic carbocycles. The lowest BCUT2D eigenvalue weighted by molar-refractivity contribution is -0.161. The van der Waals surface area contributed by atoms with Crippen molar-refractivity contribution in [3.63, 3.8) is 0 Å². The highest BCUT2D eigenvalue weighted by atomic mass is 31.2. The van der Waals surface area contributed by atoms with Crippen LogP contribution in [0.2, 0.25) is 0 Å². The van der Waals surface area contributed by atoms with Gasteiger partial charge in [-0.25, -0.2) is 9.13 Å². The van der Waals surface area contributed by atoms with Crippen LogP contribution in [-0.2, 0) is 65.4 Å². The summed E-state index contributed by atoms with van der Waals surface area (Å²) >= 11 is 0. The molecule has 0 aliphatic heterocycles. The molecule has 0 radical (unpaired) electrons. The molecule has 0 fully saturated rings. The number of hydrogen-bond donors (Lipinski definition) is 3. The molecule has 3 N–H and O–H groups in total. The molecule has 0 saturated carbocycles. The van der Waals surface area contributed by atoms with E-state index in [2.05, 4.69) is 76.3 Å². The van der Waals surface area contributed by atoms with E-state index >= 15 is 0 Å². The fourth-order valence-corrected chi connectivity index (χ4v) is 12.0. The molecule has 2 unspecified atom stereocenters. The molecule has 0 saturated heterocycles. The summed E-state index contributed by atoms with van der Waals surface area (Å²) < 4.78 is 68.4. The zero-order valence-electron chi connectivity index (χ0n) is 59.9. The van der Waals surface area contributed by atoms with E-state index in [4.69, 9.17) is 37.0 Å². The topological polar surface area (TPSA) is 237 Å². The van der Waals surface area contributed by atoms with Gasteiger partial charge in [0.15, 0.2) is 12.2 Å². The van der Waals surface area contributed by atoms with Crippen LogP contribution in [0.3, 0.4) is 0 Å². The summed E-state index contributed by atoms with van der Waals surface area (Å²) in [6, 6.07) is 0. The Morgan fingerprint density at radius 1 is 0.298 bits per heavy atom. The third-order valence-electron chi connectivity index (χ3n) is 16.3. The quantitative estimate of drug-likeness (QED) is 0.0128. The first kappa shape index (κ1) is 91.0. The highest BCUT2D eigenvalue weighted by molar-refractivity contribution is 7.47. The van der Waals surface area contributed by atoms with Crippen LogP contribution in [0.1, 0.15) is 349 Å². The van der Waals surface area contributed by atoms with Gasteiger partial charge >= 0.3 is 39.5 Å². The van der Waals surface area contributed by atoms with Crippen LogP contribution < -0.4 is 0 Å². The predicted octanol–water partition coefficient (Wildman–Crippen LogP) is 21.3. The first-order valence-corrected chi connectivity index (χ1v) is 40.9. The van der Waals surface area contributed by atoms with Crippen LogP contribution >= 0.6 is 15.6 Å². The maximum atomic E-state index is 13.0. The van der Waals surface area contributed by atoms with Crippen molar-refractivity contribution < 1.29 is 80.2 Å². The van der Waals surface area contributed by atoms with Gasteiger partial charge < -0.3 is 33.8 Å². The van der Waals surface area contributed by atoms with Crippen molar-refractivity contribution >= 4 is 39.5 Å². The molecule has 0 aromatic rings. The Morgan fingerprint density at radius 3 is 0.809 bits per heavy atom. The number of esters is 4. The van der Waals surface area contributed by atoms with Gasteiger partial charge in [0.1, 0.15) is 19.3 Å². The van der Waals surface area contributed by atoms with E-state index < -0.39 is 97.5 Å². The van der Waals surface area contributed by atoms with E-state index in [-0.39, 0.29) is 25.7 Å². The third-order valence-corrected chi connectivity index (χ3v) is 18.2. The number of phosphoric ester groups is 2. The van der Waals surface area contributed by atoms with Gasteiger partial charge in [0, 0.05) is 25.7 Å². The van der Waals surface area contributed by atoms with Crippen molar-refractivity contribution in [3.05, 3.63) is 48.6 Å². The number of aliphatic hydroxyl groups is 1. The lowest BCUT2D eigenvalue weighted by Gasteiger charge is -2.21. The van der Waals surface area contributed by atoms with Crippen molar-refractivity contribution in [2.24, 2.45) is 0 Å². The van der Waals surface area contributed by atoms with Gasteiger partial charge in [0.25, 0.3) is 0 Å². The third kappa shape index (κ3) is 67.6. The molecular weight excluding hydrogens is 1230 g/mol. The standard InChI is InChI=1S/C75H138O17P2/c1-5-9-13-17-21-25-29-33-34-38-40-44-48-52-56-60-73(78)86-66-71(92-75(80)62-58-54-50-46-42-37-32-28-24-20-16-12-8-4)68-90-94(83,84)88-64-69(76)63-87-93(81,82)89-67-70(91-74(79)61-57-53-49-45-41-36-31-27-23-19-15-11-7-3)65-85-72(77)59-55-51-47-43-39-35-30-26-22-18-14-10-6-2/h25,27-29,31-34,69-71,76H,5-24,26,30,35-68H2,1-4H3,(H,81,82)(H,83,84)/b29-25-,31-27-,32-28-,34-33-/t69-,70-,71-/m1/s1. The Hall–Kier alpha value is -2.98. The summed E-state index contributed by atoms with van der Waals surface area (Å²) in [5, 5.41) is 10.6. The smallest absolute Gasteiger partial charge is 0.462 e. The van der Waals surface area contributed by atoms with E-state index in [0.717, 1.165) is 135 Å². The lowest BCUT2D eigenvalue weighted by Crippen LogP contribution is -2.30. The Labute approximate surface area is 572 Å². The van der Waals surface area contributed by atoms with Crippen molar-refractivity contribution in [2.45, 2.75) is 367 Å². The number of ether oxygens (including phenoxy) is 4. The molecule has 0 spiro atoms. The molecular formula is C75H138O17P2. The second-order valence-corrected chi connectivity index (χ2v) is 28.5. The van der Waals surface area contributed by atoms with Crippen LogP contribution in [0.25, 0.3) is 0 Å². The van der Waals surface area contributed by atoms with Crippen molar-refractivity contribution in [3.8, 4) is 0 Å². The second-order valence-electron chi connectivity index (χ2n) is 25.6. The van der Waals surface area contributed by atoms with Gasteiger partial charge in [-0.1, -0.05) is 269 Å². The summed E-state index contributed by atoms with van der Waals surface area (Å²) in [6.45, 7) is 4.84. The number of aliphatic hydroxyl groups excluding tert-OH is 1. The highest BCUT2D eigenvalue weighted by Gasteiger charge is 2.30. The Morgan fingerprint density at radius 2 is 0.521 bits per heavy atom. The molecule has 0 aromatic heterocycles. The van der Waals surface area contributed by atoms with Crippen molar-refractivity contribution in [1.29, 1.82) is 0 Å². The van der Waals surface area contributed by atoms with E-state index in [1.54, 1.807) is 0 Å². The molecule has 0 aliphatic rings. The molecule has 0 rings (SSSR count). The molecule has 17 nitrogen and oxygen atoms in total. The summed E-state index contributed by atoms with van der Waals surface area (Å²) in [4.78, 5) is 72.7. The predicted molar refractivity (Wildman–Crippen MR) is 381 cm³/mol. The number of carbonyl (C=O) groups is 4. The first-order valence-electron chi connectivity index (χ1n) is 37.9. The number of phosphoric acid groups is 2. The van der Waals surface area contributed by atoms with E-state index in [1.807, 2.05) is 0 Å².